The Bertz CT molecular complexity index is 629. The van der Waals surface area contributed by atoms with Gasteiger partial charge in [-0.25, -0.2) is 0 Å². The topological polar surface area (TPSA) is 62.8 Å². The predicted molar refractivity (Wildman–Crippen MR) is 66.4 cm³/mol. The summed E-state index contributed by atoms with van der Waals surface area (Å²) >= 11 is 0. The van der Waals surface area contributed by atoms with E-state index < -0.39 is 0 Å². The Morgan fingerprint density at radius 2 is 2.18 bits per heavy atom. The van der Waals surface area contributed by atoms with Crippen LogP contribution < -0.4 is 5.56 Å². The van der Waals surface area contributed by atoms with Gasteiger partial charge >= 0.3 is 0 Å². The highest BCUT2D eigenvalue weighted by Gasteiger charge is 2.16. The van der Waals surface area contributed by atoms with Gasteiger partial charge in [0.15, 0.2) is 5.78 Å². The van der Waals surface area contributed by atoms with Gasteiger partial charge in [-0.1, -0.05) is 13.8 Å². The first-order valence-electron chi connectivity index (χ1n) is 5.72. The molecule has 0 saturated carbocycles. The molecule has 88 valence electrons. The monoisotopic (exact) mass is 230 g/mol. The van der Waals surface area contributed by atoms with Crippen LogP contribution in [0.3, 0.4) is 0 Å². The molecule has 1 N–H and O–H groups in total. The van der Waals surface area contributed by atoms with E-state index in [2.05, 4.69) is 9.97 Å². The molecule has 0 atom stereocenters. The summed E-state index contributed by atoms with van der Waals surface area (Å²) in [6.07, 6.45) is 2.63. The predicted octanol–water partition coefficient (Wildman–Crippen LogP) is 2.08. The van der Waals surface area contributed by atoms with Crippen LogP contribution in [0.5, 0.6) is 0 Å². The molecular weight excluding hydrogens is 216 g/mol. The van der Waals surface area contributed by atoms with E-state index in [1.165, 1.54) is 0 Å². The Hall–Kier alpha value is -1.97. The van der Waals surface area contributed by atoms with E-state index in [9.17, 15) is 9.59 Å². The maximum Gasteiger partial charge on any atom is 0.257 e. The number of carbonyl (C=O) groups excluding carboxylic acids is 1. The average Bonchev–Trinajstić information content (AvgIpc) is 2.37. The zero-order valence-corrected chi connectivity index (χ0v) is 9.91. The molecule has 0 aliphatic rings. The van der Waals surface area contributed by atoms with Crippen LogP contribution in [0.25, 0.3) is 10.9 Å². The molecule has 0 saturated heterocycles. The number of H-pyrrole nitrogens is 1. The molecule has 0 fully saturated rings. The molecule has 2 aromatic rings. The molecule has 17 heavy (non-hydrogen) atoms. The SMILES string of the molecule is CCC(=O)c1c(CC)[nH]c(=O)c2cccnc12. The van der Waals surface area contributed by atoms with Gasteiger partial charge in [0.05, 0.1) is 16.5 Å². The number of pyridine rings is 2. The van der Waals surface area contributed by atoms with Crippen LogP contribution in [0.4, 0.5) is 0 Å². The third kappa shape index (κ3) is 1.86. The highest BCUT2D eigenvalue weighted by atomic mass is 16.1. The molecule has 2 aromatic heterocycles. The van der Waals surface area contributed by atoms with Crippen molar-refractivity contribution in [3.63, 3.8) is 0 Å². The molecule has 0 amide bonds. The molecule has 0 aliphatic heterocycles. The zero-order chi connectivity index (χ0) is 12.4. The number of nitrogens with one attached hydrogen (secondary N) is 1. The number of nitrogens with zero attached hydrogens (tertiary/aromatic N) is 1. The largest absolute Gasteiger partial charge is 0.325 e. The van der Waals surface area contributed by atoms with Gasteiger partial charge in [-0.2, -0.15) is 0 Å². The minimum atomic E-state index is -0.183. The normalized spacial score (nSPS) is 10.7. The first-order chi connectivity index (χ1) is 8.19. The van der Waals surface area contributed by atoms with E-state index in [1.54, 1.807) is 18.3 Å². The van der Waals surface area contributed by atoms with Gasteiger partial charge in [-0.05, 0) is 18.6 Å². The fourth-order valence-corrected chi connectivity index (χ4v) is 1.94. The number of aryl methyl sites for hydroxylation is 1. The van der Waals surface area contributed by atoms with Gasteiger partial charge in [-0.15, -0.1) is 0 Å². The quantitative estimate of drug-likeness (QED) is 0.821. The Morgan fingerprint density at radius 3 is 2.82 bits per heavy atom. The van der Waals surface area contributed by atoms with Crippen molar-refractivity contribution in [2.45, 2.75) is 26.7 Å². The number of ketones is 1. The van der Waals surface area contributed by atoms with Crippen molar-refractivity contribution in [2.75, 3.05) is 0 Å². The van der Waals surface area contributed by atoms with E-state index in [1.807, 2.05) is 13.8 Å². The average molecular weight is 230 g/mol. The fraction of sp³-hybridized carbons (Fsp3) is 0.308. The fourth-order valence-electron chi connectivity index (χ4n) is 1.94. The molecule has 0 radical (unpaired) electrons. The lowest BCUT2D eigenvalue weighted by Gasteiger charge is -2.08. The molecule has 0 unspecified atom stereocenters. The molecule has 4 nitrogen and oxygen atoms in total. The summed E-state index contributed by atoms with van der Waals surface area (Å²) in [4.78, 5) is 30.7. The van der Waals surface area contributed by atoms with Crippen LogP contribution in [-0.4, -0.2) is 15.8 Å². The van der Waals surface area contributed by atoms with Crippen LogP contribution in [0.2, 0.25) is 0 Å². The number of Topliss-reactive ketones (excluding diaryl/α,β-unsaturated/α-hetero) is 1. The van der Waals surface area contributed by atoms with Crippen molar-refractivity contribution in [3.05, 3.63) is 39.9 Å². The van der Waals surface area contributed by atoms with Gasteiger partial charge in [0.2, 0.25) is 0 Å². The Kier molecular flexibility index (Phi) is 3.04. The highest BCUT2D eigenvalue weighted by Crippen LogP contribution is 2.17. The number of fused-ring (bicyclic) bond motifs is 1. The molecule has 0 spiro atoms. The Labute approximate surface area is 98.7 Å². The standard InChI is InChI=1S/C13H14N2O2/c1-3-9-11(10(16)4-2)12-8(13(17)15-9)6-5-7-14-12/h5-7H,3-4H2,1-2H3,(H,15,17). The molecular formula is C13H14N2O2. The van der Waals surface area contributed by atoms with Crippen LogP contribution in [0.1, 0.15) is 36.3 Å². The number of aromatic amines is 1. The van der Waals surface area contributed by atoms with Crippen LogP contribution in [0, 0.1) is 0 Å². The summed E-state index contributed by atoms with van der Waals surface area (Å²) in [5.41, 5.74) is 1.57. The first-order valence-corrected chi connectivity index (χ1v) is 5.72. The van der Waals surface area contributed by atoms with Gasteiger partial charge in [0, 0.05) is 18.3 Å². The molecule has 0 bridgehead atoms. The molecule has 2 rings (SSSR count). The summed E-state index contributed by atoms with van der Waals surface area (Å²) in [5.74, 6) is 0.0156. The summed E-state index contributed by atoms with van der Waals surface area (Å²) in [6.45, 7) is 3.72. The lowest BCUT2D eigenvalue weighted by atomic mass is 10.0. The van der Waals surface area contributed by atoms with E-state index in [-0.39, 0.29) is 11.3 Å². The lowest BCUT2D eigenvalue weighted by molar-refractivity contribution is 0.0988. The van der Waals surface area contributed by atoms with Crippen molar-refractivity contribution in [1.82, 2.24) is 9.97 Å². The lowest BCUT2D eigenvalue weighted by Crippen LogP contribution is -2.16. The minimum absolute atomic E-state index is 0.0156. The van der Waals surface area contributed by atoms with Crippen molar-refractivity contribution in [1.29, 1.82) is 0 Å². The molecule has 4 heteroatoms. The Morgan fingerprint density at radius 1 is 1.41 bits per heavy atom. The second kappa shape index (κ2) is 4.49. The summed E-state index contributed by atoms with van der Waals surface area (Å²) in [7, 11) is 0. The van der Waals surface area contributed by atoms with Crippen molar-refractivity contribution in [3.8, 4) is 0 Å². The maximum absolute atomic E-state index is 12.0. The van der Waals surface area contributed by atoms with E-state index >= 15 is 0 Å². The summed E-state index contributed by atoms with van der Waals surface area (Å²) < 4.78 is 0. The second-order valence-electron chi connectivity index (χ2n) is 3.84. The minimum Gasteiger partial charge on any atom is -0.325 e. The number of aromatic nitrogens is 2. The van der Waals surface area contributed by atoms with E-state index in [0.717, 1.165) is 0 Å². The second-order valence-corrected chi connectivity index (χ2v) is 3.84. The number of hydrogen-bond donors (Lipinski definition) is 1. The van der Waals surface area contributed by atoms with Crippen LogP contribution in [-0.2, 0) is 6.42 Å². The molecule has 0 aliphatic carbocycles. The van der Waals surface area contributed by atoms with Crippen LogP contribution >= 0.6 is 0 Å². The van der Waals surface area contributed by atoms with E-state index in [4.69, 9.17) is 0 Å². The maximum atomic E-state index is 12.0. The zero-order valence-electron chi connectivity index (χ0n) is 9.91. The summed E-state index contributed by atoms with van der Waals surface area (Å²) in [5, 5.41) is 0.474. The molecule has 0 aromatic carbocycles. The van der Waals surface area contributed by atoms with Crippen LogP contribution in [0.15, 0.2) is 23.1 Å². The number of carbonyl (C=O) groups is 1. The van der Waals surface area contributed by atoms with Gasteiger partial charge in [-0.3, -0.25) is 14.6 Å². The molecule has 2 heterocycles. The third-order valence-electron chi connectivity index (χ3n) is 2.81. The number of hydrogen-bond acceptors (Lipinski definition) is 3. The number of rotatable bonds is 3. The third-order valence-corrected chi connectivity index (χ3v) is 2.81. The van der Waals surface area contributed by atoms with Gasteiger partial charge in [0.1, 0.15) is 0 Å². The van der Waals surface area contributed by atoms with Crippen molar-refractivity contribution in [2.24, 2.45) is 0 Å². The first kappa shape index (κ1) is 11.5. The van der Waals surface area contributed by atoms with Crippen molar-refractivity contribution < 1.29 is 4.79 Å². The van der Waals surface area contributed by atoms with E-state index in [0.29, 0.717) is 35.0 Å². The Balaban J connectivity index is 2.91. The smallest absolute Gasteiger partial charge is 0.257 e. The van der Waals surface area contributed by atoms with Gasteiger partial charge in [0.25, 0.3) is 5.56 Å². The van der Waals surface area contributed by atoms with Gasteiger partial charge < -0.3 is 4.98 Å². The highest BCUT2D eigenvalue weighted by molar-refractivity contribution is 6.07. The van der Waals surface area contributed by atoms with Crippen molar-refractivity contribution >= 4 is 16.7 Å². The summed E-state index contributed by atoms with van der Waals surface area (Å²) in [6, 6.07) is 3.39.